The number of nitrogens with zero attached hydrogens (tertiary/aromatic N) is 2. The van der Waals surface area contributed by atoms with E-state index in [4.69, 9.17) is 4.74 Å². The number of amides is 2. The molecule has 1 aromatic rings. The Balaban J connectivity index is 2.09. The van der Waals surface area contributed by atoms with Gasteiger partial charge in [0.1, 0.15) is 0 Å². The molecule has 1 heterocycles. The van der Waals surface area contributed by atoms with Crippen LogP contribution in [0.1, 0.15) is 17.3 Å². The Morgan fingerprint density at radius 1 is 1.09 bits per heavy atom. The number of hydrogen-bond donors (Lipinski definition) is 0. The Morgan fingerprint density at radius 2 is 1.70 bits per heavy atom. The molecule has 126 valence electrons. The third-order valence-electron chi connectivity index (χ3n) is 3.64. The Bertz CT molecular complexity index is 587. The fourth-order valence-electron chi connectivity index (χ4n) is 2.40. The van der Waals surface area contributed by atoms with E-state index in [1.807, 2.05) is 0 Å². The van der Waals surface area contributed by atoms with Gasteiger partial charge < -0.3 is 19.3 Å². The Morgan fingerprint density at radius 3 is 2.22 bits per heavy atom. The Kier molecular flexibility index (Phi) is 5.36. The molecule has 0 aliphatic carbocycles. The van der Waals surface area contributed by atoms with Crippen molar-refractivity contribution in [1.82, 2.24) is 9.80 Å². The third kappa shape index (κ3) is 4.08. The lowest BCUT2D eigenvalue weighted by Gasteiger charge is -2.34. The zero-order valence-corrected chi connectivity index (χ0v) is 12.9. The molecule has 0 bridgehead atoms. The number of rotatable bonds is 4. The van der Waals surface area contributed by atoms with Gasteiger partial charge in [-0.2, -0.15) is 8.78 Å². The summed E-state index contributed by atoms with van der Waals surface area (Å²) < 4.78 is 33.9. The summed E-state index contributed by atoms with van der Waals surface area (Å²) in [6.45, 7) is 0.330. The number of carbonyl (C=O) groups is 2. The number of piperazine rings is 1. The molecule has 1 aliphatic rings. The maximum Gasteiger partial charge on any atom is 0.387 e. The molecule has 0 radical (unpaired) electrons. The van der Waals surface area contributed by atoms with Crippen LogP contribution in [0.15, 0.2) is 18.2 Å². The zero-order chi connectivity index (χ0) is 17.0. The molecule has 1 saturated heterocycles. The second kappa shape index (κ2) is 7.26. The van der Waals surface area contributed by atoms with E-state index < -0.39 is 6.61 Å². The number of benzene rings is 1. The highest BCUT2D eigenvalue weighted by Gasteiger charge is 2.24. The fourth-order valence-corrected chi connectivity index (χ4v) is 2.40. The van der Waals surface area contributed by atoms with Gasteiger partial charge in [0, 0.05) is 38.7 Å². The number of carbonyl (C=O) groups excluding carboxylic acids is 2. The van der Waals surface area contributed by atoms with Gasteiger partial charge in [-0.3, -0.25) is 9.59 Å². The van der Waals surface area contributed by atoms with Crippen LogP contribution in [0.5, 0.6) is 11.5 Å². The number of methoxy groups -OCH3 is 1. The van der Waals surface area contributed by atoms with Crippen molar-refractivity contribution < 1.29 is 27.8 Å². The summed E-state index contributed by atoms with van der Waals surface area (Å²) in [5.41, 5.74) is 0.319. The second-order valence-corrected chi connectivity index (χ2v) is 5.04. The van der Waals surface area contributed by atoms with Gasteiger partial charge in [0.25, 0.3) is 5.91 Å². The smallest absolute Gasteiger partial charge is 0.387 e. The summed E-state index contributed by atoms with van der Waals surface area (Å²) in [4.78, 5) is 27.0. The molecular formula is C15H18F2N2O4. The highest BCUT2D eigenvalue weighted by atomic mass is 19.3. The summed E-state index contributed by atoms with van der Waals surface area (Å²) in [7, 11) is 1.31. The normalized spacial score (nSPS) is 14.8. The number of halogens is 2. The maximum absolute atomic E-state index is 12.5. The van der Waals surface area contributed by atoms with Gasteiger partial charge in [-0.25, -0.2) is 0 Å². The standard InChI is InChI=1S/C15H18F2N2O4/c1-10(20)18-5-7-19(8-6-18)14(21)11-3-4-12(23-15(16)17)13(9-11)22-2/h3-4,9,15H,5-8H2,1-2H3. The summed E-state index contributed by atoms with van der Waals surface area (Å²) in [6, 6.07) is 4.07. The van der Waals surface area contributed by atoms with Gasteiger partial charge in [0.2, 0.25) is 5.91 Å². The molecule has 0 spiro atoms. The lowest BCUT2D eigenvalue weighted by Crippen LogP contribution is -2.50. The molecule has 1 aromatic carbocycles. The van der Waals surface area contributed by atoms with Gasteiger partial charge in [0.15, 0.2) is 11.5 Å². The van der Waals surface area contributed by atoms with Crippen LogP contribution in [0.2, 0.25) is 0 Å². The van der Waals surface area contributed by atoms with Gasteiger partial charge in [-0.15, -0.1) is 0 Å². The lowest BCUT2D eigenvalue weighted by molar-refractivity contribution is -0.130. The molecule has 0 N–H and O–H groups in total. The predicted octanol–water partition coefficient (Wildman–Crippen LogP) is 1.60. The van der Waals surface area contributed by atoms with Crippen LogP contribution < -0.4 is 9.47 Å². The average Bonchev–Trinajstić information content (AvgIpc) is 2.54. The van der Waals surface area contributed by atoms with E-state index in [1.165, 1.54) is 32.2 Å². The van der Waals surface area contributed by atoms with E-state index in [9.17, 15) is 18.4 Å². The Labute approximate surface area is 132 Å². The molecule has 23 heavy (non-hydrogen) atoms. The van der Waals surface area contributed by atoms with Gasteiger partial charge in [-0.1, -0.05) is 0 Å². The second-order valence-electron chi connectivity index (χ2n) is 5.04. The SMILES string of the molecule is COc1cc(C(=O)N2CCN(C(C)=O)CC2)ccc1OC(F)F. The van der Waals surface area contributed by atoms with Crippen molar-refractivity contribution in [2.45, 2.75) is 13.5 Å². The van der Waals surface area contributed by atoms with Gasteiger partial charge in [-0.05, 0) is 18.2 Å². The number of hydrogen-bond acceptors (Lipinski definition) is 4. The summed E-state index contributed by atoms with van der Waals surface area (Å²) in [5.74, 6) is -0.318. The van der Waals surface area contributed by atoms with Crippen LogP contribution >= 0.6 is 0 Å². The monoisotopic (exact) mass is 328 g/mol. The van der Waals surface area contributed by atoms with Crippen LogP contribution in [-0.4, -0.2) is 61.5 Å². The van der Waals surface area contributed by atoms with Crippen LogP contribution in [-0.2, 0) is 4.79 Å². The van der Waals surface area contributed by atoms with Crippen molar-refractivity contribution >= 4 is 11.8 Å². The van der Waals surface area contributed by atoms with Crippen LogP contribution in [0.4, 0.5) is 8.78 Å². The van der Waals surface area contributed by atoms with Gasteiger partial charge >= 0.3 is 6.61 Å². The van der Waals surface area contributed by atoms with Crippen LogP contribution in [0.3, 0.4) is 0 Å². The summed E-state index contributed by atoms with van der Waals surface area (Å²) in [5, 5.41) is 0. The van der Waals surface area contributed by atoms with E-state index in [1.54, 1.807) is 9.80 Å². The highest BCUT2D eigenvalue weighted by molar-refractivity contribution is 5.95. The largest absolute Gasteiger partial charge is 0.493 e. The fraction of sp³-hybridized carbons (Fsp3) is 0.467. The zero-order valence-electron chi connectivity index (χ0n) is 12.9. The molecule has 2 rings (SSSR count). The van der Waals surface area contributed by atoms with Crippen molar-refractivity contribution in [2.75, 3.05) is 33.3 Å². The minimum atomic E-state index is -2.97. The van der Waals surface area contributed by atoms with Crippen molar-refractivity contribution in [3.63, 3.8) is 0 Å². The van der Waals surface area contributed by atoms with Crippen molar-refractivity contribution in [3.8, 4) is 11.5 Å². The molecule has 1 fully saturated rings. The summed E-state index contributed by atoms with van der Waals surface area (Å²) >= 11 is 0. The van der Waals surface area contributed by atoms with Crippen molar-refractivity contribution in [1.29, 1.82) is 0 Å². The molecule has 1 aliphatic heterocycles. The predicted molar refractivity (Wildman–Crippen MR) is 77.8 cm³/mol. The first-order valence-electron chi connectivity index (χ1n) is 7.10. The number of alkyl halides is 2. The van der Waals surface area contributed by atoms with E-state index >= 15 is 0 Å². The van der Waals surface area contributed by atoms with Crippen molar-refractivity contribution in [2.24, 2.45) is 0 Å². The third-order valence-corrected chi connectivity index (χ3v) is 3.64. The van der Waals surface area contributed by atoms with Crippen molar-refractivity contribution in [3.05, 3.63) is 23.8 Å². The minimum absolute atomic E-state index is 0.0210. The lowest BCUT2D eigenvalue weighted by atomic mass is 10.1. The average molecular weight is 328 g/mol. The molecule has 2 amide bonds. The quantitative estimate of drug-likeness (QED) is 0.842. The molecule has 6 nitrogen and oxygen atoms in total. The van der Waals surface area contributed by atoms with E-state index in [0.717, 1.165) is 0 Å². The molecule has 0 atom stereocenters. The molecule has 0 unspecified atom stereocenters. The van der Waals surface area contributed by atoms with Gasteiger partial charge in [0.05, 0.1) is 7.11 Å². The van der Waals surface area contributed by atoms with Crippen LogP contribution in [0, 0.1) is 0 Å². The topological polar surface area (TPSA) is 59.1 Å². The van der Waals surface area contributed by atoms with E-state index in [2.05, 4.69) is 4.74 Å². The first-order chi connectivity index (χ1) is 10.9. The summed E-state index contributed by atoms with van der Waals surface area (Å²) in [6.07, 6.45) is 0. The molecular weight excluding hydrogens is 310 g/mol. The highest BCUT2D eigenvalue weighted by Crippen LogP contribution is 2.30. The Hall–Kier alpha value is -2.38. The first kappa shape index (κ1) is 17.0. The van der Waals surface area contributed by atoms with E-state index in [0.29, 0.717) is 31.7 Å². The molecule has 0 aromatic heterocycles. The maximum atomic E-state index is 12.5. The first-order valence-corrected chi connectivity index (χ1v) is 7.10. The minimum Gasteiger partial charge on any atom is -0.493 e. The molecule has 0 saturated carbocycles. The molecule has 8 heteroatoms. The van der Waals surface area contributed by atoms with Crippen LogP contribution in [0.25, 0.3) is 0 Å². The van der Waals surface area contributed by atoms with E-state index in [-0.39, 0.29) is 23.3 Å². The number of ether oxygens (including phenoxy) is 2.